The van der Waals surface area contributed by atoms with Crippen LogP contribution in [0.5, 0.6) is 0 Å². The van der Waals surface area contributed by atoms with E-state index in [1.54, 1.807) is 6.07 Å². The fourth-order valence-corrected chi connectivity index (χ4v) is 6.40. The molecule has 2 unspecified atom stereocenters. The number of hydrogen-bond acceptors (Lipinski definition) is 2. The number of halogens is 1. The Bertz CT molecular complexity index is 816. The van der Waals surface area contributed by atoms with Crippen LogP contribution in [-0.4, -0.2) is 23.9 Å². The molecule has 0 bridgehead atoms. The van der Waals surface area contributed by atoms with E-state index >= 15 is 0 Å². The number of rotatable bonds is 6. The van der Waals surface area contributed by atoms with Gasteiger partial charge in [0, 0.05) is 0 Å². The molecule has 7 heteroatoms. The van der Waals surface area contributed by atoms with Crippen LogP contribution in [0.1, 0.15) is 32.4 Å². The Morgan fingerprint density at radius 3 is 2.48 bits per heavy atom. The van der Waals surface area contributed by atoms with Crippen molar-refractivity contribution in [1.29, 1.82) is 0 Å². The third-order valence-electron chi connectivity index (χ3n) is 3.46. The third-order valence-corrected chi connectivity index (χ3v) is 8.37. The molecule has 0 amide bonds. The van der Waals surface area contributed by atoms with Crippen molar-refractivity contribution in [2.24, 2.45) is 5.11 Å². The molecule has 2 rings (SSSR count). The van der Waals surface area contributed by atoms with E-state index in [0.29, 0.717) is 10.3 Å². The fourth-order valence-electron chi connectivity index (χ4n) is 2.21. The molecule has 0 radical (unpaired) electrons. The second-order valence-electron chi connectivity index (χ2n) is 6.38. The van der Waals surface area contributed by atoms with Crippen LogP contribution in [0.25, 0.3) is 10.4 Å². The van der Waals surface area contributed by atoms with Crippen molar-refractivity contribution < 1.29 is 4.21 Å². The van der Waals surface area contributed by atoms with Crippen LogP contribution in [0, 0.1) is 0 Å². The Hall–Kier alpha value is -1.29. The van der Waals surface area contributed by atoms with Crippen LogP contribution < -0.4 is 4.46 Å². The zero-order chi connectivity index (χ0) is 18.4. The van der Waals surface area contributed by atoms with E-state index in [4.69, 9.17) is 17.1 Å². The Morgan fingerprint density at radius 1 is 1.20 bits per heavy atom. The van der Waals surface area contributed by atoms with Crippen molar-refractivity contribution in [1.82, 2.24) is 0 Å². The standard InChI is InChI=1S/C18H20ClN3OSSe/c1-18(2,3)24(23)16-10-6-7-11-17(16)25-12-15(21-22-20)13-8-4-5-9-14(13)19/h4-11,15H,12H2,1-3H3. The zero-order valence-corrected chi connectivity index (χ0v) is 17.6. The van der Waals surface area contributed by atoms with Gasteiger partial charge in [-0.2, -0.15) is 0 Å². The van der Waals surface area contributed by atoms with E-state index in [2.05, 4.69) is 10.0 Å². The first-order valence-corrected chi connectivity index (χ1v) is 11.4. The molecule has 2 aromatic carbocycles. The molecule has 132 valence electrons. The number of nitrogens with zero attached hydrogens (tertiary/aromatic N) is 3. The van der Waals surface area contributed by atoms with Gasteiger partial charge in [0.1, 0.15) is 0 Å². The van der Waals surface area contributed by atoms with Gasteiger partial charge in [0.15, 0.2) is 0 Å². The second kappa shape index (κ2) is 8.88. The first kappa shape index (κ1) is 20.0. The van der Waals surface area contributed by atoms with E-state index < -0.39 is 10.8 Å². The molecule has 0 saturated carbocycles. The minimum absolute atomic E-state index is 0.00945. The van der Waals surface area contributed by atoms with Crippen LogP contribution >= 0.6 is 11.6 Å². The molecule has 0 saturated heterocycles. The van der Waals surface area contributed by atoms with Gasteiger partial charge in [-0.25, -0.2) is 0 Å². The molecule has 0 heterocycles. The number of benzene rings is 2. The summed E-state index contributed by atoms with van der Waals surface area (Å²) in [6, 6.07) is 14.9. The summed E-state index contributed by atoms with van der Waals surface area (Å²) in [6.45, 7) is 5.91. The summed E-state index contributed by atoms with van der Waals surface area (Å²) in [4.78, 5) is 3.85. The van der Waals surface area contributed by atoms with E-state index in [1.807, 2.05) is 63.2 Å². The molecule has 0 spiro atoms. The fraction of sp³-hybridized carbons (Fsp3) is 0.333. The molecule has 0 N–H and O–H groups in total. The van der Waals surface area contributed by atoms with E-state index in [9.17, 15) is 4.21 Å². The molecule has 25 heavy (non-hydrogen) atoms. The van der Waals surface area contributed by atoms with Crippen molar-refractivity contribution >= 4 is 41.8 Å². The van der Waals surface area contributed by atoms with E-state index in [-0.39, 0.29) is 25.7 Å². The predicted octanol–water partition coefficient (Wildman–Crippen LogP) is 5.05. The van der Waals surface area contributed by atoms with Gasteiger partial charge in [-0.05, 0) is 0 Å². The third kappa shape index (κ3) is 5.34. The summed E-state index contributed by atoms with van der Waals surface area (Å²) in [5, 5.41) is 5.19. The van der Waals surface area contributed by atoms with Crippen molar-refractivity contribution in [3.8, 4) is 0 Å². The quantitative estimate of drug-likeness (QED) is 0.268. The summed E-state index contributed by atoms with van der Waals surface area (Å²) in [7, 11) is -1.09. The number of hydrogen-bond donors (Lipinski definition) is 0. The van der Waals surface area contributed by atoms with Crippen LogP contribution in [0.3, 0.4) is 0 Å². The molecule has 2 aromatic rings. The molecule has 0 aromatic heterocycles. The molecule has 0 aliphatic heterocycles. The molecular weight excluding hydrogens is 421 g/mol. The maximum absolute atomic E-state index is 12.8. The van der Waals surface area contributed by atoms with Crippen molar-refractivity contribution in [2.45, 2.75) is 41.8 Å². The topological polar surface area (TPSA) is 65.8 Å². The van der Waals surface area contributed by atoms with Crippen LogP contribution in [0.15, 0.2) is 58.5 Å². The average molecular weight is 441 g/mol. The maximum atomic E-state index is 12.8. The Morgan fingerprint density at radius 2 is 1.84 bits per heavy atom. The Labute approximate surface area is 162 Å². The average Bonchev–Trinajstić information content (AvgIpc) is 2.58. The van der Waals surface area contributed by atoms with Crippen molar-refractivity contribution in [3.63, 3.8) is 0 Å². The molecule has 0 fully saturated rings. The van der Waals surface area contributed by atoms with Gasteiger partial charge in [-0.1, -0.05) is 0 Å². The summed E-state index contributed by atoms with van der Waals surface area (Å²) in [5.41, 5.74) is 9.74. The van der Waals surface area contributed by atoms with Gasteiger partial charge in [-0.15, -0.1) is 0 Å². The second-order valence-corrected chi connectivity index (χ2v) is 11.2. The molecule has 4 nitrogen and oxygen atoms in total. The van der Waals surface area contributed by atoms with Crippen LogP contribution in [0.2, 0.25) is 10.3 Å². The van der Waals surface area contributed by atoms with Crippen molar-refractivity contribution in [2.75, 3.05) is 0 Å². The first-order chi connectivity index (χ1) is 11.8. The Kier molecular flexibility index (Phi) is 7.12. The van der Waals surface area contributed by atoms with Crippen LogP contribution in [-0.2, 0) is 10.8 Å². The molecule has 0 aliphatic carbocycles. The van der Waals surface area contributed by atoms with Crippen molar-refractivity contribution in [3.05, 3.63) is 69.6 Å². The molecule has 2 atom stereocenters. The van der Waals surface area contributed by atoms with Crippen LogP contribution in [0.4, 0.5) is 0 Å². The predicted molar refractivity (Wildman–Crippen MR) is 106 cm³/mol. The summed E-state index contributed by atoms with van der Waals surface area (Å²) in [6.07, 6.45) is 0. The SMILES string of the molecule is CC(C)(C)S(=O)c1ccccc1[Se]CC(N=[N+]=[N-])c1ccccc1Cl. The van der Waals surface area contributed by atoms with Gasteiger partial charge >= 0.3 is 162 Å². The molecule has 0 aliphatic rings. The van der Waals surface area contributed by atoms with Gasteiger partial charge < -0.3 is 0 Å². The van der Waals surface area contributed by atoms with E-state index in [0.717, 1.165) is 14.9 Å². The van der Waals surface area contributed by atoms with Gasteiger partial charge in [0.2, 0.25) is 0 Å². The monoisotopic (exact) mass is 441 g/mol. The Balaban J connectivity index is 2.27. The first-order valence-electron chi connectivity index (χ1n) is 7.77. The van der Waals surface area contributed by atoms with Gasteiger partial charge in [0.25, 0.3) is 0 Å². The summed E-state index contributed by atoms with van der Waals surface area (Å²) >= 11 is 6.26. The number of azide groups is 1. The summed E-state index contributed by atoms with van der Waals surface area (Å²) < 4.78 is 13.6. The normalized spacial score (nSPS) is 13.8. The zero-order valence-electron chi connectivity index (χ0n) is 14.3. The minimum atomic E-state index is -1.09. The van der Waals surface area contributed by atoms with Gasteiger partial charge in [0.05, 0.1) is 0 Å². The van der Waals surface area contributed by atoms with E-state index in [1.165, 1.54) is 0 Å². The van der Waals surface area contributed by atoms with Gasteiger partial charge in [-0.3, -0.25) is 0 Å². The molecular formula is C18H20ClN3OSSe. The summed E-state index contributed by atoms with van der Waals surface area (Å²) in [5.74, 6) is 0.